The van der Waals surface area contributed by atoms with Crippen LogP contribution in [-0.2, 0) is 14.3 Å². The van der Waals surface area contributed by atoms with Crippen LogP contribution in [0.25, 0.3) is 33.4 Å². The quantitative estimate of drug-likeness (QED) is 0.0799. The lowest BCUT2D eigenvalue weighted by Crippen LogP contribution is -2.39. The number of anilines is 3. The average Bonchev–Trinajstić information content (AvgIpc) is 4.05. The van der Waals surface area contributed by atoms with E-state index in [2.05, 4.69) is 68.6 Å². The molecule has 0 spiro atoms. The third kappa shape index (κ3) is 10.7. The summed E-state index contributed by atoms with van der Waals surface area (Å²) >= 11 is 0. The van der Waals surface area contributed by atoms with Crippen LogP contribution in [-0.4, -0.2) is 61.6 Å². The second-order valence-electron chi connectivity index (χ2n) is 14.4. The molecule has 3 amide bonds. The Morgan fingerprint density at radius 3 is 1.85 bits per heavy atom. The van der Waals surface area contributed by atoms with Crippen LogP contribution in [0.5, 0.6) is 0 Å². The van der Waals surface area contributed by atoms with Crippen LogP contribution in [0.15, 0.2) is 127 Å². The molecule has 7 rings (SSSR count). The molecule has 5 aromatic rings. The molecule has 0 radical (unpaired) electrons. The predicted octanol–water partition coefficient (Wildman–Crippen LogP) is 9.06. The maximum Gasteiger partial charge on any atom is 0.411 e. The number of carbonyl (C=O) groups excluding carboxylic acids is 3. The SMILES string of the molecule is O=C(CCNCC1CC1)Nc1cccc(NC(=O)CCN2CCC(OC(=O)Nc3cccc(-c4ccccc4)c3-c3ccccc3-c3ccccc3)CC2)c1. The van der Waals surface area contributed by atoms with Crippen LogP contribution < -0.4 is 21.3 Å². The molecular formula is C46H49N5O4. The van der Waals surface area contributed by atoms with Gasteiger partial charge in [-0.3, -0.25) is 14.9 Å². The number of hydrogen-bond donors (Lipinski definition) is 4. The van der Waals surface area contributed by atoms with E-state index >= 15 is 0 Å². The van der Waals surface area contributed by atoms with Crippen molar-refractivity contribution in [3.05, 3.63) is 127 Å². The van der Waals surface area contributed by atoms with Gasteiger partial charge in [0.1, 0.15) is 6.10 Å². The van der Waals surface area contributed by atoms with Crippen molar-refractivity contribution in [1.82, 2.24) is 10.2 Å². The van der Waals surface area contributed by atoms with E-state index in [4.69, 9.17) is 4.74 Å². The van der Waals surface area contributed by atoms with Gasteiger partial charge in [0.15, 0.2) is 0 Å². The molecule has 0 bridgehead atoms. The molecule has 4 N–H and O–H groups in total. The van der Waals surface area contributed by atoms with Gasteiger partial charge in [-0.2, -0.15) is 0 Å². The maximum absolute atomic E-state index is 13.5. The largest absolute Gasteiger partial charge is 0.446 e. The minimum Gasteiger partial charge on any atom is -0.446 e. The monoisotopic (exact) mass is 735 g/mol. The van der Waals surface area contributed by atoms with Gasteiger partial charge < -0.3 is 25.6 Å². The summed E-state index contributed by atoms with van der Waals surface area (Å²) in [6.07, 6.45) is 3.96. The summed E-state index contributed by atoms with van der Waals surface area (Å²) in [4.78, 5) is 40.9. The third-order valence-electron chi connectivity index (χ3n) is 10.2. The Hall–Kier alpha value is -5.77. The first kappa shape index (κ1) is 37.5. The fraction of sp³-hybridized carbons (Fsp3) is 0.283. The fourth-order valence-corrected chi connectivity index (χ4v) is 7.13. The highest BCUT2D eigenvalue weighted by molar-refractivity contribution is 6.01. The maximum atomic E-state index is 13.5. The molecule has 1 aliphatic heterocycles. The molecule has 1 saturated heterocycles. The summed E-state index contributed by atoms with van der Waals surface area (Å²) in [7, 11) is 0. The van der Waals surface area contributed by atoms with E-state index in [1.54, 1.807) is 6.07 Å². The van der Waals surface area contributed by atoms with Crippen molar-refractivity contribution in [1.29, 1.82) is 0 Å². The third-order valence-corrected chi connectivity index (χ3v) is 10.2. The lowest BCUT2D eigenvalue weighted by molar-refractivity contribution is -0.117. The van der Waals surface area contributed by atoms with Crippen molar-refractivity contribution in [2.24, 2.45) is 5.92 Å². The zero-order valence-electron chi connectivity index (χ0n) is 31.1. The first-order valence-electron chi connectivity index (χ1n) is 19.4. The van der Waals surface area contributed by atoms with Crippen molar-refractivity contribution in [2.45, 2.75) is 44.6 Å². The summed E-state index contributed by atoms with van der Waals surface area (Å²) in [5.41, 5.74) is 8.17. The number of amides is 3. The van der Waals surface area contributed by atoms with Gasteiger partial charge >= 0.3 is 6.09 Å². The van der Waals surface area contributed by atoms with Gasteiger partial charge in [0.25, 0.3) is 0 Å². The smallest absolute Gasteiger partial charge is 0.411 e. The minimum absolute atomic E-state index is 0.0525. The highest BCUT2D eigenvalue weighted by Crippen LogP contribution is 2.42. The Morgan fingerprint density at radius 1 is 0.600 bits per heavy atom. The Morgan fingerprint density at radius 2 is 1.18 bits per heavy atom. The van der Waals surface area contributed by atoms with Gasteiger partial charge in [0.2, 0.25) is 11.8 Å². The van der Waals surface area contributed by atoms with Crippen LogP contribution in [0.2, 0.25) is 0 Å². The van der Waals surface area contributed by atoms with E-state index in [9.17, 15) is 14.4 Å². The van der Waals surface area contributed by atoms with Gasteiger partial charge in [-0.05, 0) is 90.2 Å². The number of benzene rings is 5. The van der Waals surface area contributed by atoms with Crippen LogP contribution in [0.1, 0.15) is 38.5 Å². The zero-order valence-corrected chi connectivity index (χ0v) is 31.1. The van der Waals surface area contributed by atoms with Crippen LogP contribution in [0, 0.1) is 5.92 Å². The summed E-state index contributed by atoms with van der Waals surface area (Å²) in [6.45, 7) is 3.69. The molecule has 2 aliphatic rings. The van der Waals surface area contributed by atoms with Crippen molar-refractivity contribution in [3.8, 4) is 33.4 Å². The molecule has 9 heteroatoms. The Balaban J connectivity index is 0.909. The van der Waals surface area contributed by atoms with Crippen LogP contribution >= 0.6 is 0 Å². The van der Waals surface area contributed by atoms with E-state index in [1.807, 2.05) is 78.9 Å². The molecule has 1 heterocycles. The molecule has 0 unspecified atom stereocenters. The molecule has 282 valence electrons. The Bertz CT molecular complexity index is 2060. The second kappa shape index (κ2) is 18.5. The van der Waals surface area contributed by atoms with Gasteiger partial charge in [-0.1, -0.05) is 103 Å². The Kier molecular flexibility index (Phi) is 12.6. The number of likely N-dealkylation sites (tertiary alicyclic amines) is 1. The van der Waals surface area contributed by atoms with Gasteiger partial charge in [0, 0.05) is 56.0 Å². The molecule has 1 aliphatic carbocycles. The topological polar surface area (TPSA) is 112 Å². The van der Waals surface area contributed by atoms with Crippen molar-refractivity contribution in [2.75, 3.05) is 48.7 Å². The van der Waals surface area contributed by atoms with Crippen molar-refractivity contribution in [3.63, 3.8) is 0 Å². The van der Waals surface area contributed by atoms with Crippen molar-refractivity contribution < 1.29 is 19.1 Å². The van der Waals surface area contributed by atoms with E-state index in [0.717, 1.165) is 58.9 Å². The number of nitrogens with one attached hydrogen (secondary N) is 4. The van der Waals surface area contributed by atoms with Gasteiger partial charge in [-0.15, -0.1) is 0 Å². The van der Waals surface area contributed by atoms with Gasteiger partial charge in [0.05, 0.1) is 5.69 Å². The molecule has 0 atom stereocenters. The number of carbonyl (C=O) groups is 3. The van der Waals surface area contributed by atoms with E-state index in [1.165, 1.54) is 12.8 Å². The number of ether oxygens (including phenoxy) is 1. The number of rotatable bonds is 15. The Labute approximate surface area is 323 Å². The standard InChI is InChI=1S/C46H49N5O4/c52-43(23-27-47-32-33-21-22-33)48-36-15-9-16-37(31-36)49-44(53)26-30-51-28-24-38(25-29-51)55-46(54)50-42-20-10-19-40(35-13-5-2-6-14-35)45(42)41-18-8-7-17-39(41)34-11-3-1-4-12-34/h1-20,31,33,38,47H,21-30,32H2,(H,48,52)(H,49,53)(H,50,54). The van der Waals surface area contributed by atoms with Gasteiger partial charge in [-0.25, -0.2) is 4.79 Å². The second-order valence-corrected chi connectivity index (χ2v) is 14.4. The lowest BCUT2D eigenvalue weighted by atomic mass is 9.88. The van der Waals surface area contributed by atoms with E-state index < -0.39 is 6.09 Å². The van der Waals surface area contributed by atoms with E-state index in [-0.39, 0.29) is 17.9 Å². The molecule has 5 aromatic carbocycles. The van der Waals surface area contributed by atoms with Crippen molar-refractivity contribution >= 4 is 35.0 Å². The number of piperidine rings is 1. The van der Waals surface area contributed by atoms with E-state index in [0.29, 0.717) is 55.8 Å². The predicted molar refractivity (Wildman–Crippen MR) is 221 cm³/mol. The molecule has 9 nitrogen and oxygen atoms in total. The molecule has 2 fully saturated rings. The summed E-state index contributed by atoms with van der Waals surface area (Å²) < 4.78 is 5.99. The lowest BCUT2D eigenvalue weighted by Gasteiger charge is -2.31. The summed E-state index contributed by atoms with van der Waals surface area (Å²) in [6, 6.07) is 42.0. The molecule has 0 aromatic heterocycles. The first-order valence-corrected chi connectivity index (χ1v) is 19.4. The average molecular weight is 736 g/mol. The van der Waals surface area contributed by atoms with Crippen LogP contribution in [0.3, 0.4) is 0 Å². The normalized spacial score (nSPS) is 14.5. The first-order chi connectivity index (χ1) is 27.0. The molecule has 1 saturated carbocycles. The highest BCUT2D eigenvalue weighted by atomic mass is 16.6. The minimum atomic E-state index is -0.481. The fourth-order valence-electron chi connectivity index (χ4n) is 7.13. The number of hydrogen-bond acceptors (Lipinski definition) is 6. The van der Waals surface area contributed by atoms with Crippen LogP contribution in [0.4, 0.5) is 21.9 Å². The number of nitrogens with zero attached hydrogens (tertiary/aromatic N) is 1. The molecule has 55 heavy (non-hydrogen) atoms. The molecular weight excluding hydrogens is 687 g/mol. The zero-order chi connectivity index (χ0) is 37.8. The highest BCUT2D eigenvalue weighted by Gasteiger charge is 2.24. The summed E-state index contributed by atoms with van der Waals surface area (Å²) in [5.74, 6) is 0.638. The summed E-state index contributed by atoms with van der Waals surface area (Å²) in [5, 5.41) is 12.3.